The number of nitrogens with one attached hydrogen (secondary N) is 1. The molecular formula is C14H19BrN4S. The van der Waals surface area contributed by atoms with Crippen LogP contribution in [0, 0.1) is 6.92 Å². The van der Waals surface area contributed by atoms with Crippen molar-refractivity contribution in [2.75, 3.05) is 6.54 Å². The predicted molar refractivity (Wildman–Crippen MR) is 86.1 cm³/mol. The van der Waals surface area contributed by atoms with E-state index in [2.05, 4.69) is 63.5 Å². The molecule has 0 bridgehead atoms. The Kier molecular flexibility index (Phi) is 5.23. The molecule has 0 amide bonds. The van der Waals surface area contributed by atoms with Crippen LogP contribution < -0.4 is 5.32 Å². The summed E-state index contributed by atoms with van der Waals surface area (Å²) in [5.41, 5.74) is 1.28. The second-order valence-corrected chi connectivity index (χ2v) is 6.58. The molecule has 108 valence electrons. The number of hydrogen-bond acceptors (Lipinski definition) is 4. The van der Waals surface area contributed by atoms with Crippen molar-refractivity contribution >= 4 is 27.7 Å². The molecule has 4 nitrogen and oxygen atoms in total. The Morgan fingerprint density at radius 1 is 1.40 bits per heavy atom. The van der Waals surface area contributed by atoms with Gasteiger partial charge in [-0.2, -0.15) is 0 Å². The summed E-state index contributed by atoms with van der Waals surface area (Å²) in [5, 5.41) is 12.7. The molecule has 6 heteroatoms. The molecule has 2 rings (SSSR count). The van der Waals surface area contributed by atoms with E-state index in [-0.39, 0.29) is 0 Å². The summed E-state index contributed by atoms with van der Waals surface area (Å²) < 4.78 is 3.08. The fraction of sp³-hybridized carbons (Fsp3) is 0.429. The van der Waals surface area contributed by atoms with Crippen molar-refractivity contribution in [1.82, 2.24) is 20.1 Å². The summed E-state index contributed by atoms with van der Waals surface area (Å²) in [6.45, 7) is 7.21. The van der Waals surface area contributed by atoms with Gasteiger partial charge in [-0.3, -0.25) is 0 Å². The second-order valence-electron chi connectivity index (χ2n) is 4.65. The summed E-state index contributed by atoms with van der Waals surface area (Å²) in [6, 6.07) is 6.68. The molecule has 0 aliphatic rings. The van der Waals surface area contributed by atoms with Crippen molar-refractivity contribution < 1.29 is 0 Å². The maximum Gasteiger partial charge on any atom is 0.195 e. The van der Waals surface area contributed by atoms with Gasteiger partial charge in [-0.15, -0.1) is 10.2 Å². The van der Waals surface area contributed by atoms with Crippen LogP contribution in [-0.2, 0) is 7.05 Å². The van der Waals surface area contributed by atoms with Crippen LogP contribution in [0.4, 0.5) is 0 Å². The molecule has 0 radical (unpaired) electrons. The van der Waals surface area contributed by atoms with Gasteiger partial charge in [-0.25, -0.2) is 0 Å². The van der Waals surface area contributed by atoms with Crippen LogP contribution in [0.5, 0.6) is 0 Å². The minimum atomic E-state index is 0.310. The van der Waals surface area contributed by atoms with Gasteiger partial charge in [-0.05, 0) is 49.9 Å². The first-order valence-electron chi connectivity index (χ1n) is 6.59. The molecule has 20 heavy (non-hydrogen) atoms. The van der Waals surface area contributed by atoms with E-state index in [1.807, 2.05) is 18.5 Å². The third kappa shape index (κ3) is 3.42. The fourth-order valence-corrected chi connectivity index (χ4v) is 3.55. The van der Waals surface area contributed by atoms with E-state index in [1.165, 1.54) is 10.5 Å². The first-order valence-corrected chi connectivity index (χ1v) is 8.20. The van der Waals surface area contributed by atoms with Crippen molar-refractivity contribution in [2.24, 2.45) is 7.05 Å². The van der Waals surface area contributed by atoms with Crippen LogP contribution in [0.1, 0.15) is 31.3 Å². The van der Waals surface area contributed by atoms with Crippen LogP contribution in [0.25, 0.3) is 0 Å². The first kappa shape index (κ1) is 15.5. The van der Waals surface area contributed by atoms with E-state index in [0.717, 1.165) is 22.0 Å². The molecule has 0 fully saturated rings. The van der Waals surface area contributed by atoms with Crippen LogP contribution in [-0.4, -0.2) is 21.3 Å². The van der Waals surface area contributed by atoms with Gasteiger partial charge in [0.25, 0.3) is 0 Å². The normalized spacial score (nSPS) is 12.7. The van der Waals surface area contributed by atoms with Gasteiger partial charge >= 0.3 is 0 Å². The lowest BCUT2D eigenvalue weighted by atomic mass is 10.1. The van der Waals surface area contributed by atoms with Gasteiger partial charge in [0.15, 0.2) is 5.16 Å². The zero-order valence-corrected chi connectivity index (χ0v) is 14.5. The highest BCUT2D eigenvalue weighted by molar-refractivity contribution is 9.10. The molecule has 2 aromatic rings. The smallest absolute Gasteiger partial charge is 0.195 e. The zero-order valence-electron chi connectivity index (χ0n) is 12.1. The predicted octanol–water partition coefficient (Wildman–Crippen LogP) is 3.71. The molecule has 1 aromatic heterocycles. The van der Waals surface area contributed by atoms with Crippen LogP contribution in [0.15, 0.2) is 32.7 Å². The number of nitrogens with zero attached hydrogens (tertiary/aromatic N) is 3. The molecule has 1 heterocycles. The number of aromatic nitrogens is 3. The van der Waals surface area contributed by atoms with Crippen molar-refractivity contribution in [3.63, 3.8) is 0 Å². The lowest BCUT2D eigenvalue weighted by Gasteiger charge is -2.17. The largest absolute Gasteiger partial charge is 0.310 e. The van der Waals surface area contributed by atoms with Gasteiger partial charge in [0.1, 0.15) is 5.82 Å². The molecule has 0 spiro atoms. The Labute approximate surface area is 132 Å². The van der Waals surface area contributed by atoms with Gasteiger partial charge < -0.3 is 9.88 Å². The zero-order chi connectivity index (χ0) is 14.7. The van der Waals surface area contributed by atoms with Crippen molar-refractivity contribution in [1.29, 1.82) is 0 Å². The van der Waals surface area contributed by atoms with Crippen LogP contribution in [0.2, 0.25) is 0 Å². The molecule has 0 aliphatic heterocycles. The highest BCUT2D eigenvalue weighted by Gasteiger charge is 2.14. The van der Waals surface area contributed by atoms with Gasteiger partial charge in [-0.1, -0.05) is 28.9 Å². The molecule has 1 aromatic carbocycles. The van der Waals surface area contributed by atoms with Crippen molar-refractivity contribution in [3.8, 4) is 0 Å². The topological polar surface area (TPSA) is 42.7 Å². The monoisotopic (exact) mass is 354 g/mol. The third-order valence-corrected chi connectivity index (χ3v) is 4.81. The summed E-state index contributed by atoms with van der Waals surface area (Å²) in [6.07, 6.45) is 0. The number of rotatable bonds is 5. The van der Waals surface area contributed by atoms with E-state index in [0.29, 0.717) is 6.04 Å². The van der Waals surface area contributed by atoms with Gasteiger partial charge in [0, 0.05) is 22.5 Å². The fourth-order valence-electron chi connectivity index (χ4n) is 1.95. The van der Waals surface area contributed by atoms with Gasteiger partial charge in [0.2, 0.25) is 0 Å². The number of aryl methyl sites for hydroxylation is 1. The van der Waals surface area contributed by atoms with E-state index < -0.39 is 0 Å². The Morgan fingerprint density at radius 3 is 2.75 bits per heavy atom. The second kappa shape index (κ2) is 6.74. The van der Waals surface area contributed by atoms with E-state index in [1.54, 1.807) is 11.8 Å². The number of halogens is 1. The Hall–Kier alpha value is -0.850. The Balaban J connectivity index is 2.34. The molecule has 1 N–H and O–H groups in total. The molecular weight excluding hydrogens is 336 g/mol. The highest BCUT2D eigenvalue weighted by atomic mass is 79.9. The molecule has 0 aliphatic carbocycles. The molecule has 0 saturated heterocycles. The third-order valence-electron chi connectivity index (χ3n) is 3.21. The van der Waals surface area contributed by atoms with Crippen molar-refractivity contribution in [2.45, 2.75) is 36.9 Å². The van der Waals surface area contributed by atoms with E-state index in [9.17, 15) is 0 Å². The summed E-state index contributed by atoms with van der Waals surface area (Å²) in [4.78, 5) is 1.20. The van der Waals surface area contributed by atoms with Crippen LogP contribution in [0.3, 0.4) is 0 Å². The van der Waals surface area contributed by atoms with Crippen molar-refractivity contribution in [3.05, 3.63) is 34.1 Å². The van der Waals surface area contributed by atoms with E-state index >= 15 is 0 Å². The quantitative estimate of drug-likeness (QED) is 0.888. The maximum atomic E-state index is 4.23. The first-order chi connectivity index (χ1) is 9.52. The SMILES string of the molecule is CCNC(C)c1ccc(Br)cc1Sc1nnc(C)n1C. The average Bonchev–Trinajstić information content (AvgIpc) is 2.71. The average molecular weight is 355 g/mol. The summed E-state index contributed by atoms with van der Waals surface area (Å²) in [5.74, 6) is 0.920. The molecule has 1 atom stereocenters. The highest BCUT2D eigenvalue weighted by Crippen LogP contribution is 2.34. The Bertz CT molecular complexity index is 597. The minimum absolute atomic E-state index is 0.310. The number of hydrogen-bond donors (Lipinski definition) is 1. The molecule has 0 saturated carbocycles. The standard InChI is InChI=1S/C14H19BrN4S/c1-5-16-9(2)12-7-6-11(15)8-13(12)20-14-18-17-10(3)19(14)4/h6-9,16H,5H2,1-4H3. The lowest BCUT2D eigenvalue weighted by molar-refractivity contribution is 0.589. The Morgan fingerprint density at radius 2 is 2.15 bits per heavy atom. The maximum absolute atomic E-state index is 4.23. The van der Waals surface area contributed by atoms with Crippen LogP contribution >= 0.6 is 27.7 Å². The summed E-state index contributed by atoms with van der Waals surface area (Å²) in [7, 11) is 1.99. The lowest BCUT2D eigenvalue weighted by Crippen LogP contribution is -2.18. The summed E-state index contributed by atoms with van der Waals surface area (Å²) >= 11 is 5.19. The van der Waals surface area contributed by atoms with Gasteiger partial charge in [0.05, 0.1) is 0 Å². The number of benzene rings is 1. The minimum Gasteiger partial charge on any atom is -0.310 e. The van der Waals surface area contributed by atoms with E-state index in [4.69, 9.17) is 0 Å². The molecule has 1 unspecified atom stereocenters.